The zero-order valence-electron chi connectivity index (χ0n) is 13.6. The Bertz CT molecular complexity index is 691. The second kappa shape index (κ2) is 7.05. The molecule has 0 saturated carbocycles. The van der Waals surface area contributed by atoms with E-state index >= 15 is 0 Å². The van der Waals surface area contributed by atoms with Gasteiger partial charge in [0.25, 0.3) is 0 Å². The van der Waals surface area contributed by atoms with Crippen molar-refractivity contribution in [3.8, 4) is 0 Å². The summed E-state index contributed by atoms with van der Waals surface area (Å²) in [5.74, 6) is -1.34. The minimum atomic E-state index is -0.675. The van der Waals surface area contributed by atoms with Crippen molar-refractivity contribution in [2.75, 3.05) is 5.32 Å². The van der Waals surface area contributed by atoms with Gasteiger partial charge >= 0.3 is 11.8 Å². The van der Waals surface area contributed by atoms with Crippen LogP contribution in [0.2, 0.25) is 0 Å². The molecule has 0 bridgehead atoms. The zero-order chi connectivity index (χ0) is 16.9. The first kappa shape index (κ1) is 16.7. The number of hydrogen-bond donors (Lipinski definition) is 2. The molecule has 0 aliphatic carbocycles. The molecule has 2 amide bonds. The molecule has 120 valence electrons. The fourth-order valence-electron chi connectivity index (χ4n) is 2.19. The number of hydrogen-bond acceptors (Lipinski definition) is 3. The van der Waals surface area contributed by atoms with Crippen LogP contribution in [-0.2, 0) is 21.5 Å². The van der Waals surface area contributed by atoms with Crippen LogP contribution >= 0.6 is 0 Å². The predicted molar refractivity (Wildman–Crippen MR) is 89.9 cm³/mol. The van der Waals surface area contributed by atoms with E-state index in [0.717, 1.165) is 11.1 Å². The number of carbonyl (C=O) groups excluding carboxylic acids is 2. The molecular formula is C18H21N3O2. The molecule has 0 radical (unpaired) electrons. The lowest BCUT2D eigenvalue weighted by atomic mass is 9.86. The molecule has 5 nitrogen and oxygen atoms in total. The summed E-state index contributed by atoms with van der Waals surface area (Å²) in [6.45, 7) is 6.43. The maximum absolute atomic E-state index is 12.1. The highest BCUT2D eigenvalue weighted by Crippen LogP contribution is 2.29. The standard InChI is InChI=1S/C18H21N3O2/c1-18(2,3)14-8-4-5-9-15(14)21-17(23)16(22)20-12-13-7-6-10-19-11-13/h4-11H,12H2,1-3H3,(H,20,22)(H,21,23). The van der Waals surface area contributed by atoms with Crippen molar-refractivity contribution >= 4 is 17.5 Å². The van der Waals surface area contributed by atoms with Crippen molar-refractivity contribution < 1.29 is 9.59 Å². The van der Waals surface area contributed by atoms with Gasteiger partial charge in [-0.15, -0.1) is 0 Å². The third-order valence-electron chi connectivity index (χ3n) is 3.37. The second-order valence-electron chi connectivity index (χ2n) is 6.29. The van der Waals surface area contributed by atoms with Gasteiger partial charge in [0.1, 0.15) is 0 Å². The highest BCUT2D eigenvalue weighted by molar-refractivity contribution is 6.39. The predicted octanol–water partition coefficient (Wildman–Crippen LogP) is 2.63. The van der Waals surface area contributed by atoms with Gasteiger partial charge in [0.05, 0.1) is 0 Å². The van der Waals surface area contributed by atoms with Gasteiger partial charge in [0, 0.05) is 24.6 Å². The summed E-state index contributed by atoms with van der Waals surface area (Å²) in [5, 5.41) is 5.27. The number of para-hydroxylation sites is 1. The Morgan fingerprint density at radius 2 is 1.78 bits per heavy atom. The van der Waals surface area contributed by atoms with E-state index < -0.39 is 11.8 Å². The lowest BCUT2D eigenvalue weighted by Gasteiger charge is -2.22. The van der Waals surface area contributed by atoms with Crippen molar-refractivity contribution in [1.82, 2.24) is 10.3 Å². The van der Waals surface area contributed by atoms with Crippen LogP contribution in [0.25, 0.3) is 0 Å². The normalized spacial score (nSPS) is 10.9. The third kappa shape index (κ3) is 4.64. The van der Waals surface area contributed by atoms with E-state index in [2.05, 4.69) is 36.4 Å². The molecule has 23 heavy (non-hydrogen) atoms. The maximum atomic E-state index is 12.1. The van der Waals surface area contributed by atoms with Crippen LogP contribution in [0.3, 0.4) is 0 Å². The molecule has 1 aromatic carbocycles. The average Bonchev–Trinajstić information content (AvgIpc) is 2.53. The van der Waals surface area contributed by atoms with Crippen molar-refractivity contribution in [2.45, 2.75) is 32.7 Å². The van der Waals surface area contributed by atoms with Gasteiger partial charge in [0.2, 0.25) is 0 Å². The van der Waals surface area contributed by atoms with Crippen LogP contribution in [0.4, 0.5) is 5.69 Å². The van der Waals surface area contributed by atoms with Crippen molar-refractivity contribution in [3.05, 3.63) is 59.9 Å². The summed E-state index contributed by atoms with van der Waals surface area (Å²) in [7, 11) is 0. The summed E-state index contributed by atoms with van der Waals surface area (Å²) < 4.78 is 0. The summed E-state index contributed by atoms with van der Waals surface area (Å²) >= 11 is 0. The number of nitrogens with one attached hydrogen (secondary N) is 2. The molecule has 0 aliphatic rings. The summed E-state index contributed by atoms with van der Waals surface area (Å²) in [6.07, 6.45) is 3.30. The van der Waals surface area contributed by atoms with E-state index in [1.165, 1.54) is 0 Å². The quantitative estimate of drug-likeness (QED) is 0.856. The first-order valence-electron chi connectivity index (χ1n) is 7.45. The molecule has 2 rings (SSSR count). The van der Waals surface area contributed by atoms with Gasteiger partial charge in [0.15, 0.2) is 0 Å². The fourth-order valence-corrected chi connectivity index (χ4v) is 2.19. The van der Waals surface area contributed by atoms with Crippen LogP contribution in [0.1, 0.15) is 31.9 Å². The molecule has 0 atom stereocenters. The Balaban J connectivity index is 2.01. The molecule has 0 aliphatic heterocycles. The maximum Gasteiger partial charge on any atom is 0.313 e. The topological polar surface area (TPSA) is 71.1 Å². The molecule has 2 aromatic rings. The molecule has 2 N–H and O–H groups in total. The number of aromatic nitrogens is 1. The highest BCUT2D eigenvalue weighted by atomic mass is 16.2. The average molecular weight is 311 g/mol. The third-order valence-corrected chi connectivity index (χ3v) is 3.37. The van der Waals surface area contributed by atoms with Gasteiger partial charge in [-0.2, -0.15) is 0 Å². The van der Waals surface area contributed by atoms with Crippen molar-refractivity contribution in [3.63, 3.8) is 0 Å². The minimum Gasteiger partial charge on any atom is -0.344 e. The molecule has 1 heterocycles. The number of nitrogens with zero attached hydrogens (tertiary/aromatic N) is 1. The number of pyridine rings is 1. The molecular weight excluding hydrogens is 290 g/mol. The smallest absolute Gasteiger partial charge is 0.313 e. The van der Waals surface area contributed by atoms with Gasteiger partial charge in [-0.25, -0.2) is 0 Å². The van der Waals surface area contributed by atoms with Gasteiger partial charge in [-0.05, 0) is 28.7 Å². The van der Waals surface area contributed by atoms with E-state index in [1.807, 2.05) is 24.3 Å². The Hall–Kier alpha value is -2.69. The largest absolute Gasteiger partial charge is 0.344 e. The summed E-state index contributed by atoms with van der Waals surface area (Å²) in [4.78, 5) is 28.0. The number of rotatable bonds is 3. The molecule has 0 fully saturated rings. The Labute approximate surface area is 136 Å². The number of benzene rings is 1. The molecule has 0 saturated heterocycles. The minimum absolute atomic E-state index is 0.129. The number of amides is 2. The molecule has 5 heteroatoms. The Morgan fingerprint density at radius 3 is 2.43 bits per heavy atom. The van der Waals surface area contributed by atoms with Crippen molar-refractivity contribution in [1.29, 1.82) is 0 Å². The van der Waals surface area contributed by atoms with Crippen LogP contribution in [-0.4, -0.2) is 16.8 Å². The molecule has 0 unspecified atom stereocenters. The lowest BCUT2D eigenvalue weighted by Crippen LogP contribution is -2.35. The van der Waals surface area contributed by atoms with E-state index in [4.69, 9.17) is 0 Å². The first-order chi connectivity index (χ1) is 10.9. The van der Waals surface area contributed by atoms with Crippen LogP contribution in [0, 0.1) is 0 Å². The fraction of sp³-hybridized carbons (Fsp3) is 0.278. The first-order valence-corrected chi connectivity index (χ1v) is 7.45. The SMILES string of the molecule is CC(C)(C)c1ccccc1NC(=O)C(=O)NCc1cccnc1. The lowest BCUT2D eigenvalue weighted by molar-refractivity contribution is -0.136. The van der Waals surface area contributed by atoms with Gasteiger partial charge in [-0.3, -0.25) is 14.6 Å². The van der Waals surface area contributed by atoms with Gasteiger partial charge in [-0.1, -0.05) is 45.0 Å². The van der Waals surface area contributed by atoms with Crippen LogP contribution < -0.4 is 10.6 Å². The van der Waals surface area contributed by atoms with Gasteiger partial charge < -0.3 is 10.6 Å². The molecule has 0 spiro atoms. The highest BCUT2D eigenvalue weighted by Gasteiger charge is 2.20. The Kier molecular flexibility index (Phi) is 5.11. The summed E-state index contributed by atoms with van der Waals surface area (Å²) in [5.41, 5.74) is 2.34. The second-order valence-corrected chi connectivity index (χ2v) is 6.29. The molecule has 1 aromatic heterocycles. The monoisotopic (exact) mass is 311 g/mol. The number of carbonyl (C=O) groups is 2. The number of anilines is 1. The Morgan fingerprint density at radius 1 is 1.04 bits per heavy atom. The van der Waals surface area contributed by atoms with E-state index in [1.54, 1.807) is 24.5 Å². The van der Waals surface area contributed by atoms with E-state index in [0.29, 0.717) is 5.69 Å². The van der Waals surface area contributed by atoms with E-state index in [9.17, 15) is 9.59 Å². The van der Waals surface area contributed by atoms with Crippen LogP contribution in [0.15, 0.2) is 48.8 Å². The van der Waals surface area contributed by atoms with E-state index in [-0.39, 0.29) is 12.0 Å². The van der Waals surface area contributed by atoms with Crippen molar-refractivity contribution in [2.24, 2.45) is 0 Å². The van der Waals surface area contributed by atoms with Crippen LogP contribution in [0.5, 0.6) is 0 Å². The zero-order valence-corrected chi connectivity index (χ0v) is 13.6. The summed E-state index contributed by atoms with van der Waals surface area (Å²) in [6, 6.07) is 11.1.